The van der Waals surface area contributed by atoms with E-state index in [-0.39, 0.29) is 5.82 Å². The minimum absolute atomic E-state index is 0.205. The summed E-state index contributed by atoms with van der Waals surface area (Å²) in [6, 6.07) is 14.2. The molecule has 0 aromatic heterocycles. The molecule has 0 atom stereocenters. The summed E-state index contributed by atoms with van der Waals surface area (Å²) in [6.07, 6.45) is 0. The van der Waals surface area contributed by atoms with E-state index in [0.717, 1.165) is 22.7 Å². The van der Waals surface area contributed by atoms with Crippen LogP contribution in [0.15, 0.2) is 48.5 Å². The van der Waals surface area contributed by atoms with Crippen LogP contribution in [0.25, 0.3) is 0 Å². The van der Waals surface area contributed by atoms with Crippen molar-refractivity contribution in [2.75, 3.05) is 0 Å². The minimum Gasteiger partial charge on any atom is -0.309 e. The van der Waals surface area contributed by atoms with Gasteiger partial charge in [0.25, 0.3) is 0 Å². The molecule has 0 saturated carbocycles. The predicted molar refractivity (Wildman–Crippen MR) is 68.4 cm³/mol. The molecule has 2 rings (SSSR count). The molecule has 17 heavy (non-hydrogen) atoms. The normalized spacial score (nSPS) is 10.5. The summed E-state index contributed by atoms with van der Waals surface area (Å²) in [5, 5.41) is 4.03. The van der Waals surface area contributed by atoms with Gasteiger partial charge in [0, 0.05) is 18.1 Å². The van der Waals surface area contributed by atoms with Crippen LogP contribution >= 0.6 is 11.6 Å². The third-order valence-corrected chi connectivity index (χ3v) is 2.70. The van der Waals surface area contributed by atoms with Crippen molar-refractivity contribution in [3.63, 3.8) is 0 Å². The Bertz CT molecular complexity index is 482. The maximum atomic E-state index is 12.7. The second-order valence-electron chi connectivity index (χ2n) is 3.86. The van der Waals surface area contributed by atoms with Gasteiger partial charge < -0.3 is 5.32 Å². The van der Waals surface area contributed by atoms with Crippen LogP contribution < -0.4 is 5.32 Å². The lowest BCUT2D eigenvalue weighted by molar-refractivity contribution is 0.625. The van der Waals surface area contributed by atoms with E-state index in [0.29, 0.717) is 6.54 Å². The van der Waals surface area contributed by atoms with Crippen LogP contribution in [0, 0.1) is 5.82 Å². The number of nitrogens with one attached hydrogen (secondary N) is 1. The Morgan fingerprint density at radius 2 is 1.65 bits per heavy atom. The lowest BCUT2D eigenvalue weighted by Gasteiger charge is -2.05. The molecule has 0 radical (unpaired) electrons. The van der Waals surface area contributed by atoms with Crippen molar-refractivity contribution < 1.29 is 4.39 Å². The Morgan fingerprint density at radius 1 is 0.941 bits per heavy atom. The highest BCUT2D eigenvalue weighted by Crippen LogP contribution is 2.10. The second kappa shape index (κ2) is 5.80. The highest BCUT2D eigenvalue weighted by atomic mass is 35.5. The lowest BCUT2D eigenvalue weighted by atomic mass is 10.2. The summed E-state index contributed by atoms with van der Waals surface area (Å²) < 4.78 is 12.7. The number of hydrogen-bond donors (Lipinski definition) is 1. The van der Waals surface area contributed by atoms with Crippen LogP contribution in [0.2, 0.25) is 5.02 Å². The highest BCUT2D eigenvalue weighted by Gasteiger charge is 1.96. The molecule has 0 aliphatic heterocycles. The molecule has 0 spiro atoms. The Hall–Kier alpha value is -1.38. The Kier molecular flexibility index (Phi) is 4.13. The minimum atomic E-state index is -0.205. The van der Waals surface area contributed by atoms with E-state index in [1.165, 1.54) is 12.1 Å². The number of hydrogen-bond acceptors (Lipinski definition) is 1. The van der Waals surface area contributed by atoms with E-state index >= 15 is 0 Å². The molecule has 0 saturated heterocycles. The van der Waals surface area contributed by atoms with Gasteiger partial charge in [0.15, 0.2) is 0 Å². The Morgan fingerprint density at radius 3 is 2.35 bits per heavy atom. The van der Waals surface area contributed by atoms with E-state index in [4.69, 9.17) is 11.6 Å². The van der Waals surface area contributed by atoms with Crippen LogP contribution in [0.4, 0.5) is 4.39 Å². The maximum Gasteiger partial charge on any atom is 0.123 e. The van der Waals surface area contributed by atoms with Gasteiger partial charge in [0.05, 0.1) is 0 Å². The monoisotopic (exact) mass is 249 g/mol. The summed E-state index contributed by atoms with van der Waals surface area (Å²) in [5.41, 5.74) is 2.20. The van der Waals surface area contributed by atoms with Gasteiger partial charge in [-0.1, -0.05) is 35.9 Å². The topological polar surface area (TPSA) is 12.0 Å². The van der Waals surface area contributed by atoms with Crippen LogP contribution in [0.3, 0.4) is 0 Å². The van der Waals surface area contributed by atoms with E-state index in [2.05, 4.69) is 5.32 Å². The molecule has 0 bridgehead atoms. The zero-order chi connectivity index (χ0) is 12.1. The smallest absolute Gasteiger partial charge is 0.123 e. The third kappa shape index (κ3) is 3.84. The molecule has 0 amide bonds. The van der Waals surface area contributed by atoms with Crippen molar-refractivity contribution >= 4 is 11.6 Å². The standard InChI is InChI=1S/C14H13ClFN/c15-13-3-1-2-12(8-13)10-17-9-11-4-6-14(16)7-5-11/h1-8,17H,9-10H2. The Balaban J connectivity index is 1.85. The van der Waals surface area contributed by atoms with Gasteiger partial charge in [0.2, 0.25) is 0 Å². The molecular weight excluding hydrogens is 237 g/mol. The summed E-state index contributed by atoms with van der Waals surface area (Å²) in [4.78, 5) is 0. The van der Waals surface area contributed by atoms with Crippen LogP contribution in [0.1, 0.15) is 11.1 Å². The van der Waals surface area contributed by atoms with Gasteiger partial charge in [-0.2, -0.15) is 0 Å². The van der Waals surface area contributed by atoms with Crippen LogP contribution in [-0.4, -0.2) is 0 Å². The van der Waals surface area contributed by atoms with Gasteiger partial charge >= 0.3 is 0 Å². The summed E-state index contributed by atoms with van der Waals surface area (Å²) in [6.45, 7) is 1.46. The van der Waals surface area contributed by atoms with Crippen molar-refractivity contribution in [1.29, 1.82) is 0 Å². The molecule has 1 N–H and O–H groups in total. The average molecular weight is 250 g/mol. The first kappa shape index (κ1) is 12.1. The predicted octanol–water partition coefficient (Wildman–Crippen LogP) is 3.77. The summed E-state index contributed by atoms with van der Waals surface area (Å²) in [5.74, 6) is -0.205. The van der Waals surface area contributed by atoms with Crippen molar-refractivity contribution in [2.45, 2.75) is 13.1 Å². The SMILES string of the molecule is Fc1ccc(CNCc2cccc(Cl)c2)cc1. The van der Waals surface area contributed by atoms with Gasteiger partial charge in [-0.05, 0) is 35.4 Å². The zero-order valence-corrected chi connectivity index (χ0v) is 10.0. The van der Waals surface area contributed by atoms with E-state index in [9.17, 15) is 4.39 Å². The molecule has 0 aliphatic carbocycles. The largest absolute Gasteiger partial charge is 0.309 e. The lowest BCUT2D eigenvalue weighted by Crippen LogP contribution is -2.12. The number of benzene rings is 2. The molecule has 3 heteroatoms. The van der Waals surface area contributed by atoms with Crippen LogP contribution in [-0.2, 0) is 13.1 Å². The van der Waals surface area contributed by atoms with Gasteiger partial charge in [-0.25, -0.2) is 4.39 Å². The molecule has 1 nitrogen and oxygen atoms in total. The fourth-order valence-electron chi connectivity index (χ4n) is 1.60. The quantitative estimate of drug-likeness (QED) is 0.870. The first-order chi connectivity index (χ1) is 8.24. The van der Waals surface area contributed by atoms with Gasteiger partial charge in [0.1, 0.15) is 5.82 Å². The fourth-order valence-corrected chi connectivity index (χ4v) is 1.81. The van der Waals surface area contributed by atoms with E-state index < -0.39 is 0 Å². The van der Waals surface area contributed by atoms with Crippen molar-refractivity contribution in [1.82, 2.24) is 5.32 Å². The second-order valence-corrected chi connectivity index (χ2v) is 4.30. The summed E-state index contributed by atoms with van der Waals surface area (Å²) >= 11 is 5.89. The maximum absolute atomic E-state index is 12.7. The van der Waals surface area contributed by atoms with E-state index in [1.54, 1.807) is 12.1 Å². The molecule has 0 aliphatic rings. The molecule has 88 valence electrons. The van der Waals surface area contributed by atoms with Gasteiger partial charge in [-0.15, -0.1) is 0 Å². The van der Waals surface area contributed by atoms with Crippen molar-refractivity contribution in [3.8, 4) is 0 Å². The molecule has 0 fully saturated rings. The van der Waals surface area contributed by atoms with Crippen LogP contribution in [0.5, 0.6) is 0 Å². The number of rotatable bonds is 4. The van der Waals surface area contributed by atoms with E-state index in [1.807, 2.05) is 24.3 Å². The summed E-state index contributed by atoms with van der Waals surface area (Å²) in [7, 11) is 0. The average Bonchev–Trinajstić information content (AvgIpc) is 2.32. The first-order valence-corrected chi connectivity index (χ1v) is 5.81. The number of halogens is 2. The van der Waals surface area contributed by atoms with Crippen molar-refractivity contribution in [3.05, 3.63) is 70.5 Å². The molecule has 0 unspecified atom stereocenters. The molecular formula is C14H13ClFN. The van der Waals surface area contributed by atoms with Crippen molar-refractivity contribution in [2.24, 2.45) is 0 Å². The molecule has 2 aromatic rings. The Labute approximate surface area is 105 Å². The third-order valence-electron chi connectivity index (χ3n) is 2.46. The fraction of sp³-hybridized carbons (Fsp3) is 0.143. The zero-order valence-electron chi connectivity index (χ0n) is 9.29. The van der Waals surface area contributed by atoms with Gasteiger partial charge in [-0.3, -0.25) is 0 Å². The first-order valence-electron chi connectivity index (χ1n) is 5.43. The highest BCUT2D eigenvalue weighted by molar-refractivity contribution is 6.30. The molecule has 2 aromatic carbocycles. The molecule has 0 heterocycles.